The van der Waals surface area contributed by atoms with Crippen molar-refractivity contribution in [1.29, 1.82) is 0 Å². The summed E-state index contributed by atoms with van der Waals surface area (Å²) >= 11 is 6.61. The Morgan fingerprint density at radius 1 is 1.07 bits per heavy atom. The molecule has 3 aliphatic rings. The highest BCUT2D eigenvalue weighted by Crippen LogP contribution is 2.43. The van der Waals surface area contributed by atoms with Crippen LogP contribution < -0.4 is 15.4 Å². The van der Waals surface area contributed by atoms with E-state index in [4.69, 9.17) is 22.1 Å². The van der Waals surface area contributed by atoms with Crippen LogP contribution in [0.4, 0.5) is 29.2 Å². The number of halogens is 5. The molecule has 5 heterocycles. The van der Waals surface area contributed by atoms with Crippen LogP contribution in [-0.2, 0) is 6.18 Å². The number of aromatic nitrogens is 3. The lowest BCUT2D eigenvalue weighted by molar-refractivity contribution is -0.137. The minimum Gasteiger partial charge on any atom is -0.461 e. The molecule has 6 rings (SSSR count). The number of aryl methyl sites for hydroxylation is 1. The van der Waals surface area contributed by atoms with Gasteiger partial charge in [0.25, 0.3) is 0 Å². The number of hydrogen-bond donors (Lipinski definition) is 1. The Labute approximate surface area is 234 Å². The van der Waals surface area contributed by atoms with Gasteiger partial charge in [-0.3, -0.25) is 4.90 Å². The van der Waals surface area contributed by atoms with Crippen LogP contribution in [-0.4, -0.2) is 58.2 Å². The Morgan fingerprint density at radius 3 is 2.52 bits per heavy atom. The highest BCUT2D eigenvalue weighted by Gasteiger charge is 2.45. The third-order valence-electron chi connectivity index (χ3n) is 8.21. The highest BCUT2D eigenvalue weighted by atomic mass is 35.5. The molecular weight excluding hydrogens is 548 g/mol. The van der Waals surface area contributed by atoms with Crippen LogP contribution >= 0.6 is 11.6 Å². The Hall–Kier alpha value is -3.18. The molecule has 0 amide bonds. The molecule has 0 atom stereocenters. The zero-order valence-electron chi connectivity index (χ0n) is 22.0. The maximum absolute atomic E-state index is 14.3. The number of nitrogens with zero attached hydrogens (tertiary/aromatic N) is 5. The SMILES string of the molecule is Cc1cc(N)nc(-c2cc3nc(OCC45CCCN4CCC5)nc(N4CCC=C(F)C4)c3cc2Cl)c1C(F)(F)F. The van der Waals surface area contributed by atoms with Crippen molar-refractivity contribution < 1.29 is 22.3 Å². The molecule has 212 valence electrons. The number of fused-ring (bicyclic) bond motifs is 2. The van der Waals surface area contributed by atoms with Crippen molar-refractivity contribution in [2.24, 2.45) is 0 Å². The number of ether oxygens (including phenoxy) is 1. The minimum atomic E-state index is -4.69. The van der Waals surface area contributed by atoms with Gasteiger partial charge in [0.1, 0.15) is 24.1 Å². The summed E-state index contributed by atoms with van der Waals surface area (Å²) in [4.78, 5) is 17.5. The van der Waals surface area contributed by atoms with Crippen molar-refractivity contribution >= 4 is 34.1 Å². The van der Waals surface area contributed by atoms with Gasteiger partial charge in [-0.2, -0.15) is 23.1 Å². The van der Waals surface area contributed by atoms with Crippen LogP contribution in [0, 0.1) is 6.92 Å². The first-order valence-electron chi connectivity index (χ1n) is 13.4. The maximum Gasteiger partial charge on any atom is 0.418 e. The van der Waals surface area contributed by atoms with Crippen LogP contribution in [0.2, 0.25) is 5.02 Å². The van der Waals surface area contributed by atoms with E-state index >= 15 is 0 Å². The van der Waals surface area contributed by atoms with E-state index in [1.54, 1.807) is 4.90 Å². The number of nitrogen functional groups attached to an aromatic ring is 1. The molecular formula is C28H29ClF4N6O. The molecule has 2 aromatic heterocycles. The topological polar surface area (TPSA) is 80.4 Å². The Bertz CT molecular complexity index is 1500. The average Bonchev–Trinajstić information content (AvgIpc) is 3.46. The van der Waals surface area contributed by atoms with Gasteiger partial charge in [0.05, 0.1) is 33.9 Å². The molecule has 0 bridgehead atoms. The van der Waals surface area contributed by atoms with Crippen LogP contribution in [0.15, 0.2) is 30.1 Å². The Morgan fingerprint density at radius 2 is 1.82 bits per heavy atom. The molecule has 12 heteroatoms. The molecule has 3 aliphatic heterocycles. The molecule has 1 aromatic carbocycles. The third-order valence-corrected chi connectivity index (χ3v) is 8.52. The van der Waals surface area contributed by atoms with Gasteiger partial charge in [-0.1, -0.05) is 11.6 Å². The van der Waals surface area contributed by atoms with E-state index in [-0.39, 0.29) is 51.6 Å². The van der Waals surface area contributed by atoms with E-state index in [9.17, 15) is 17.6 Å². The predicted octanol–water partition coefficient (Wildman–Crippen LogP) is 6.33. The zero-order chi connectivity index (χ0) is 28.2. The lowest BCUT2D eigenvalue weighted by Gasteiger charge is -2.31. The summed E-state index contributed by atoms with van der Waals surface area (Å²) in [5, 5.41) is 0.500. The summed E-state index contributed by atoms with van der Waals surface area (Å²) in [6, 6.07) is 4.24. The number of alkyl halides is 3. The number of nitrogens with two attached hydrogens (primary N) is 1. The third kappa shape index (κ3) is 4.83. The van der Waals surface area contributed by atoms with E-state index in [2.05, 4.69) is 19.9 Å². The van der Waals surface area contributed by atoms with Gasteiger partial charge < -0.3 is 15.4 Å². The van der Waals surface area contributed by atoms with E-state index in [0.717, 1.165) is 38.8 Å². The molecule has 7 nitrogen and oxygen atoms in total. The van der Waals surface area contributed by atoms with Crippen molar-refractivity contribution in [1.82, 2.24) is 19.9 Å². The lowest BCUT2D eigenvalue weighted by Crippen LogP contribution is -2.43. The number of pyridine rings is 1. The van der Waals surface area contributed by atoms with E-state index in [0.29, 0.717) is 36.3 Å². The Balaban J connectivity index is 1.48. The second kappa shape index (κ2) is 10.0. The molecule has 0 unspecified atom stereocenters. The highest BCUT2D eigenvalue weighted by molar-refractivity contribution is 6.34. The number of anilines is 2. The van der Waals surface area contributed by atoms with Crippen molar-refractivity contribution in [3.63, 3.8) is 0 Å². The summed E-state index contributed by atoms with van der Waals surface area (Å²) in [6.07, 6.45) is 1.58. The fourth-order valence-corrected chi connectivity index (χ4v) is 6.65. The van der Waals surface area contributed by atoms with Crippen molar-refractivity contribution in [2.45, 2.75) is 50.7 Å². The van der Waals surface area contributed by atoms with Gasteiger partial charge in [-0.25, -0.2) is 9.37 Å². The van der Waals surface area contributed by atoms with Crippen molar-refractivity contribution in [3.8, 4) is 17.3 Å². The van der Waals surface area contributed by atoms with Gasteiger partial charge >= 0.3 is 12.2 Å². The average molecular weight is 577 g/mol. The monoisotopic (exact) mass is 576 g/mol. The molecule has 2 fully saturated rings. The van der Waals surface area contributed by atoms with Gasteiger partial charge in [-0.05, 0) is 82.0 Å². The quantitative estimate of drug-likeness (QED) is 0.356. The molecule has 0 spiro atoms. The fourth-order valence-electron chi connectivity index (χ4n) is 6.39. The van der Waals surface area contributed by atoms with Crippen LogP contribution in [0.5, 0.6) is 6.01 Å². The van der Waals surface area contributed by atoms with E-state index in [1.807, 2.05) is 0 Å². The second-order valence-electron chi connectivity index (χ2n) is 10.8. The number of rotatable bonds is 5. The standard InChI is InChI=1S/C28H29ClF4N6O/c1-16-11-22(34)36-24(23(16)28(31,32)33)18-13-21-19(12-20(18)29)25(38-8-2-5-17(30)14-38)37-26(35-21)40-15-27-6-3-9-39(27)10-4-7-27/h5,11-13H,2-4,6-10,14-15H2,1H3,(H2,34,36). The summed E-state index contributed by atoms with van der Waals surface area (Å²) in [6.45, 7) is 4.31. The first-order valence-corrected chi connectivity index (χ1v) is 13.8. The van der Waals surface area contributed by atoms with Gasteiger partial charge in [-0.15, -0.1) is 0 Å². The first kappa shape index (κ1) is 27.0. The summed E-state index contributed by atoms with van der Waals surface area (Å²) in [5.41, 5.74) is 4.78. The number of benzene rings is 1. The summed E-state index contributed by atoms with van der Waals surface area (Å²) < 4.78 is 62.8. The van der Waals surface area contributed by atoms with Gasteiger partial charge in [0, 0.05) is 17.5 Å². The maximum atomic E-state index is 14.3. The largest absolute Gasteiger partial charge is 0.461 e. The van der Waals surface area contributed by atoms with Crippen LogP contribution in [0.25, 0.3) is 22.2 Å². The van der Waals surface area contributed by atoms with E-state index in [1.165, 1.54) is 31.2 Å². The molecule has 0 saturated carbocycles. The van der Waals surface area contributed by atoms with E-state index < -0.39 is 11.7 Å². The fraction of sp³-hybridized carbons (Fsp3) is 0.464. The molecule has 40 heavy (non-hydrogen) atoms. The molecule has 2 N–H and O–H groups in total. The lowest BCUT2D eigenvalue weighted by atomic mass is 9.95. The first-order chi connectivity index (χ1) is 19.0. The number of hydrogen-bond acceptors (Lipinski definition) is 7. The smallest absolute Gasteiger partial charge is 0.418 e. The van der Waals surface area contributed by atoms with Crippen LogP contribution in [0.1, 0.15) is 43.2 Å². The zero-order valence-corrected chi connectivity index (χ0v) is 22.7. The Kier molecular flexibility index (Phi) is 6.77. The van der Waals surface area contributed by atoms with Crippen molar-refractivity contribution in [3.05, 3.63) is 46.3 Å². The molecule has 3 aromatic rings. The second-order valence-corrected chi connectivity index (χ2v) is 11.2. The summed E-state index contributed by atoms with van der Waals surface area (Å²) in [7, 11) is 0. The van der Waals surface area contributed by atoms with Crippen LogP contribution in [0.3, 0.4) is 0 Å². The van der Waals surface area contributed by atoms with Gasteiger partial charge in [0.15, 0.2) is 0 Å². The van der Waals surface area contributed by atoms with Crippen molar-refractivity contribution in [2.75, 3.05) is 43.4 Å². The normalized spacial score (nSPS) is 19.2. The molecule has 0 aliphatic carbocycles. The molecule has 2 saturated heterocycles. The summed E-state index contributed by atoms with van der Waals surface area (Å²) in [5.74, 6) is 0.0668. The molecule has 0 radical (unpaired) electrons. The predicted molar refractivity (Wildman–Crippen MR) is 146 cm³/mol. The minimum absolute atomic E-state index is 0.0107. The van der Waals surface area contributed by atoms with Gasteiger partial charge in [0.2, 0.25) is 0 Å².